The molecule has 0 aliphatic rings. The first-order valence-corrected chi connectivity index (χ1v) is 5.40. The molecule has 1 aromatic heterocycles. The zero-order valence-electron chi connectivity index (χ0n) is 9.87. The van der Waals surface area contributed by atoms with Crippen molar-refractivity contribution in [2.24, 2.45) is 0 Å². The number of para-hydroxylation sites is 1. The highest BCUT2D eigenvalue weighted by Crippen LogP contribution is 2.24. The first kappa shape index (κ1) is 10.7. The molecule has 1 heterocycles. The van der Waals surface area contributed by atoms with Crippen molar-refractivity contribution in [1.82, 2.24) is 9.88 Å². The maximum Gasteiger partial charge on any atom is 0.239 e. The molecule has 0 atom stereocenters. The minimum atomic E-state index is 0.0313. The zero-order valence-corrected chi connectivity index (χ0v) is 9.87. The second kappa shape index (κ2) is 4.00. The number of carbonyl (C=O) groups is 1. The zero-order chi connectivity index (χ0) is 11.7. The van der Waals surface area contributed by atoms with Crippen LogP contribution in [0.25, 0.3) is 10.9 Å². The molecule has 0 bridgehead atoms. The van der Waals surface area contributed by atoms with Crippen LogP contribution >= 0.6 is 0 Å². The van der Waals surface area contributed by atoms with Crippen molar-refractivity contribution in [2.45, 2.75) is 20.4 Å². The molecule has 0 saturated carbocycles. The highest BCUT2D eigenvalue weighted by Gasteiger charge is 2.11. The Hall–Kier alpha value is -1.77. The fraction of sp³-hybridized carbons (Fsp3) is 0.308. The van der Waals surface area contributed by atoms with Crippen molar-refractivity contribution in [3.8, 4) is 0 Å². The third-order valence-electron chi connectivity index (χ3n) is 3.13. The summed E-state index contributed by atoms with van der Waals surface area (Å²) < 4.78 is 2.06. The third kappa shape index (κ3) is 1.58. The van der Waals surface area contributed by atoms with Gasteiger partial charge in [-0.25, -0.2) is 0 Å². The van der Waals surface area contributed by atoms with Crippen LogP contribution in [0.1, 0.15) is 11.3 Å². The predicted molar refractivity (Wildman–Crippen MR) is 65.5 cm³/mol. The number of nitrogens with zero attached hydrogens (tertiary/aromatic N) is 1. The van der Waals surface area contributed by atoms with Gasteiger partial charge in [-0.2, -0.15) is 0 Å². The van der Waals surface area contributed by atoms with Gasteiger partial charge in [-0.3, -0.25) is 4.79 Å². The van der Waals surface area contributed by atoms with E-state index in [0.717, 1.165) is 11.2 Å². The maximum absolute atomic E-state index is 11.5. The SMILES string of the molecule is CNC(=O)Cn1c(C)c(C)c2ccccc21. The van der Waals surface area contributed by atoms with Crippen LogP contribution < -0.4 is 5.32 Å². The number of fused-ring (bicyclic) bond motifs is 1. The molecule has 2 aromatic rings. The molecule has 0 unspecified atom stereocenters. The molecule has 1 aromatic carbocycles. The summed E-state index contributed by atoms with van der Waals surface area (Å²) in [6.45, 7) is 4.53. The fourth-order valence-electron chi connectivity index (χ4n) is 2.03. The molecule has 0 fully saturated rings. The molecule has 1 amide bonds. The summed E-state index contributed by atoms with van der Waals surface area (Å²) in [5.41, 5.74) is 3.53. The number of rotatable bonds is 2. The number of benzene rings is 1. The Morgan fingerprint density at radius 3 is 2.69 bits per heavy atom. The summed E-state index contributed by atoms with van der Waals surface area (Å²) in [6.07, 6.45) is 0. The highest BCUT2D eigenvalue weighted by atomic mass is 16.1. The van der Waals surface area contributed by atoms with Gasteiger partial charge in [0.1, 0.15) is 6.54 Å². The Morgan fingerprint density at radius 2 is 2.00 bits per heavy atom. The lowest BCUT2D eigenvalue weighted by Gasteiger charge is -2.06. The van der Waals surface area contributed by atoms with Crippen molar-refractivity contribution in [3.05, 3.63) is 35.5 Å². The van der Waals surface area contributed by atoms with Crippen molar-refractivity contribution in [2.75, 3.05) is 7.05 Å². The first-order valence-electron chi connectivity index (χ1n) is 5.40. The van der Waals surface area contributed by atoms with E-state index in [1.54, 1.807) is 7.05 Å². The van der Waals surface area contributed by atoms with Crippen LogP contribution in [0.3, 0.4) is 0 Å². The number of aryl methyl sites for hydroxylation is 1. The number of amides is 1. The van der Waals surface area contributed by atoms with Gasteiger partial charge in [0.2, 0.25) is 5.91 Å². The first-order chi connectivity index (χ1) is 7.65. The molecule has 0 aliphatic carbocycles. The van der Waals surface area contributed by atoms with Gasteiger partial charge in [0, 0.05) is 23.6 Å². The van der Waals surface area contributed by atoms with Gasteiger partial charge in [-0.05, 0) is 25.5 Å². The van der Waals surface area contributed by atoms with Gasteiger partial charge in [-0.1, -0.05) is 18.2 Å². The van der Waals surface area contributed by atoms with Gasteiger partial charge < -0.3 is 9.88 Å². The van der Waals surface area contributed by atoms with E-state index in [2.05, 4.69) is 35.9 Å². The second-order valence-corrected chi connectivity index (χ2v) is 3.99. The molecule has 3 heteroatoms. The van der Waals surface area contributed by atoms with Crippen molar-refractivity contribution >= 4 is 16.8 Å². The van der Waals surface area contributed by atoms with Crippen molar-refractivity contribution in [1.29, 1.82) is 0 Å². The Balaban J connectivity index is 2.59. The fourth-order valence-corrected chi connectivity index (χ4v) is 2.03. The molecule has 0 saturated heterocycles. The van der Waals surface area contributed by atoms with Gasteiger partial charge >= 0.3 is 0 Å². The Morgan fingerprint density at radius 1 is 1.31 bits per heavy atom. The predicted octanol–water partition coefficient (Wildman–Crippen LogP) is 2.00. The maximum atomic E-state index is 11.5. The lowest BCUT2D eigenvalue weighted by molar-refractivity contribution is -0.121. The average Bonchev–Trinajstić information content (AvgIpc) is 2.55. The summed E-state index contributed by atoms with van der Waals surface area (Å²) in [5.74, 6) is 0.0313. The number of nitrogens with one attached hydrogen (secondary N) is 1. The summed E-state index contributed by atoms with van der Waals surface area (Å²) in [6, 6.07) is 8.18. The Kier molecular flexibility index (Phi) is 2.69. The number of hydrogen-bond donors (Lipinski definition) is 1. The molecule has 0 radical (unpaired) electrons. The van der Waals surface area contributed by atoms with Gasteiger partial charge in [-0.15, -0.1) is 0 Å². The molecule has 2 rings (SSSR count). The van der Waals surface area contributed by atoms with E-state index in [0.29, 0.717) is 6.54 Å². The van der Waals surface area contributed by atoms with E-state index >= 15 is 0 Å². The van der Waals surface area contributed by atoms with Crippen molar-refractivity contribution < 1.29 is 4.79 Å². The second-order valence-electron chi connectivity index (χ2n) is 3.99. The van der Waals surface area contributed by atoms with Gasteiger partial charge in [0.25, 0.3) is 0 Å². The molecule has 1 N–H and O–H groups in total. The lowest BCUT2D eigenvalue weighted by atomic mass is 10.2. The van der Waals surface area contributed by atoms with Crippen LogP contribution in [0.4, 0.5) is 0 Å². The summed E-state index contributed by atoms with van der Waals surface area (Å²) >= 11 is 0. The van der Waals surface area contributed by atoms with Gasteiger partial charge in [0.15, 0.2) is 0 Å². The molecular weight excluding hydrogens is 200 g/mol. The number of likely N-dealkylation sites (N-methyl/N-ethyl adjacent to an activating group) is 1. The minimum absolute atomic E-state index is 0.0313. The molecule has 0 spiro atoms. The van der Waals surface area contributed by atoms with Gasteiger partial charge in [0.05, 0.1) is 0 Å². The summed E-state index contributed by atoms with van der Waals surface area (Å²) in [7, 11) is 1.66. The average molecular weight is 216 g/mol. The molecule has 3 nitrogen and oxygen atoms in total. The smallest absolute Gasteiger partial charge is 0.239 e. The van der Waals surface area contributed by atoms with Crippen LogP contribution in [0, 0.1) is 13.8 Å². The van der Waals surface area contributed by atoms with E-state index in [-0.39, 0.29) is 5.91 Å². The van der Waals surface area contributed by atoms with Crippen LogP contribution in [-0.4, -0.2) is 17.5 Å². The van der Waals surface area contributed by atoms with Crippen LogP contribution in [-0.2, 0) is 11.3 Å². The van der Waals surface area contributed by atoms with Crippen LogP contribution in [0.2, 0.25) is 0 Å². The normalized spacial score (nSPS) is 10.7. The number of aromatic nitrogens is 1. The van der Waals surface area contributed by atoms with E-state index < -0.39 is 0 Å². The molecule has 0 aliphatic heterocycles. The lowest BCUT2D eigenvalue weighted by Crippen LogP contribution is -2.23. The van der Waals surface area contributed by atoms with E-state index in [9.17, 15) is 4.79 Å². The van der Waals surface area contributed by atoms with E-state index in [4.69, 9.17) is 0 Å². The number of hydrogen-bond acceptors (Lipinski definition) is 1. The minimum Gasteiger partial charge on any atom is -0.358 e. The standard InChI is InChI=1S/C13H16N2O/c1-9-10(2)15(8-13(16)14-3)12-7-5-4-6-11(9)12/h4-7H,8H2,1-3H3,(H,14,16). The molecular formula is C13H16N2O. The quantitative estimate of drug-likeness (QED) is 0.818. The summed E-state index contributed by atoms with van der Waals surface area (Å²) in [5, 5.41) is 3.88. The molecule has 16 heavy (non-hydrogen) atoms. The Bertz CT molecular complexity index is 540. The monoisotopic (exact) mass is 216 g/mol. The van der Waals surface area contributed by atoms with Crippen LogP contribution in [0.5, 0.6) is 0 Å². The van der Waals surface area contributed by atoms with Crippen LogP contribution in [0.15, 0.2) is 24.3 Å². The number of carbonyl (C=O) groups excluding carboxylic acids is 1. The highest BCUT2D eigenvalue weighted by molar-refractivity contribution is 5.87. The van der Waals surface area contributed by atoms with Crippen molar-refractivity contribution in [3.63, 3.8) is 0 Å². The van der Waals surface area contributed by atoms with E-state index in [1.807, 2.05) is 12.1 Å². The molecule has 84 valence electrons. The third-order valence-corrected chi connectivity index (χ3v) is 3.13. The van der Waals surface area contributed by atoms with E-state index in [1.165, 1.54) is 10.9 Å². The topological polar surface area (TPSA) is 34.0 Å². The summed E-state index contributed by atoms with van der Waals surface area (Å²) in [4.78, 5) is 11.5. The Labute approximate surface area is 95.1 Å². The largest absolute Gasteiger partial charge is 0.358 e.